The van der Waals surface area contributed by atoms with Gasteiger partial charge in [0.2, 0.25) is 0 Å². The summed E-state index contributed by atoms with van der Waals surface area (Å²) in [6.07, 6.45) is 0. The van der Waals surface area contributed by atoms with Crippen molar-refractivity contribution in [2.45, 2.75) is 12.0 Å². The zero-order valence-electron chi connectivity index (χ0n) is 9.66. The molecule has 0 fully saturated rings. The van der Waals surface area contributed by atoms with Crippen molar-refractivity contribution in [2.75, 3.05) is 0 Å². The second-order valence-corrected chi connectivity index (χ2v) is 7.85. The van der Waals surface area contributed by atoms with E-state index in [-0.39, 0.29) is 17.0 Å². The minimum Gasteiger partial charge on any atom is -0.508 e. The van der Waals surface area contributed by atoms with Gasteiger partial charge in [0.05, 0.1) is 0 Å². The smallest absolute Gasteiger partial charge is 0.381 e. The van der Waals surface area contributed by atoms with Crippen molar-refractivity contribution in [3.63, 3.8) is 0 Å². The molecule has 1 aromatic carbocycles. The summed E-state index contributed by atoms with van der Waals surface area (Å²) >= 11 is 0. The van der Waals surface area contributed by atoms with Gasteiger partial charge >= 0.3 is 20.3 Å². The molecule has 0 atom stereocenters. The monoisotopic (exact) mass is 316 g/mol. The van der Waals surface area contributed by atoms with Gasteiger partial charge in [-0.1, -0.05) is 0 Å². The van der Waals surface area contributed by atoms with E-state index >= 15 is 0 Å². The van der Waals surface area contributed by atoms with Crippen molar-refractivity contribution in [3.05, 3.63) is 24.3 Å². The van der Waals surface area contributed by atoms with E-state index < -0.39 is 20.3 Å². The average molecular weight is 316 g/mol. The molecule has 0 unspecified atom stereocenters. The maximum absolute atomic E-state index is 11.2. The lowest BCUT2D eigenvalue weighted by molar-refractivity contribution is 0.166. The van der Waals surface area contributed by atoms with Gasteiger partial charge < -0.3 is 34.9 Å². The third-order valence-electron chi connectivity index (χ3n) is 2.23. The summed E-state index contributed by atoms with van der Waals surface area (Å²) in [6, 6.07) is 4.54. The molecular formula is C8H14O9P2. The van der Waals surface area contributed by atoms with E-state index in [1.807, 2.05) is 0 Å². The minimum atomic E-state index is -5.23. The topological polar surface area (TPSA) is 176 Å². The highest BCUT2D eigenvalue weighted by atomic mass is 31.2. The number of hydrogen-bond donors (Lipinski definition) is 5. The van der Waals surface area contributed by atoms with Crippen LogP contribution in [0.5, 0.6) is 11.5 Å². The van der Waals surface area contributed by atoms with Crippen LogP contribution in [-0.4, -0.2) is 35.2 Å². The number of benzene rings is 1. The number of ether oxygens (including phenoxy) is 1. The summed E-state index contributed by atoms with van der Waals surface area (Å²) in [5.74, 6) is -0.321. The van der Waals surface area contributed by atoms with Crippen LogP contribution >= 0.6 is 15.2 Å². The Morgan fingerprint density at radius 2 is 1.37 bits per heavy atom. The standard InChI is InChI=1S/C8H12O8P2.H2O/c1-8(17(10,11)12,18(13,14)15)16-7-4-2-6(9)3-5-7;/h2-5,9H,1H3,(H2,10,11,12)(H2,13,14,15);1H2. The Morgan fingerprint density at radius 3 is 1.68 bits per heavy atom. The Bertz CT molecular complexity index is 492. The Labute approximate surface area is 108 Å². The van der Waals surface area contributed by atoms with Crippen LogP contribution in [0.2, 0.25) is 0 Å². The molecule has 19 heavy (non-hydrogen) atoms. The molecule has 0 aliphatic carbocycles. The van der Waals surface area contributed by atoms with Gasteiger partial charge in [0, 0.05) is 0 Å². The first-order valence-electron chi connectivity index (χ1n) is 4.57. The van der Waals surface area contributed by atoms with E-state index in [4.69, 9.17) is 29.4 Å². The lowest BCUT2D eigenvalue weighted by Gasteiger charge is -2.31. The fourth-order valence-electron chi connectivity index (χ4n) is 1.03. The maximum atomic E-state index is 11.2. The molecule has 0 aliphatic heterocycles. The van der Waals surface area contributed by atoms with Crippen molar-refractivity contribution in [1.29, 1.82) is 0 Å². The van der Waals surface area contributed by atoms with Crippen molar-refractivity contribution in [1.82, 2.24) is 0 Å². The molecule has 110 valence electrons. The Balaban J connectivity index is 0.00000324. The van der Waals surface area contributed by atoms with Crippen LogP contribution in [0.25, 0.3) is 0 Å². The van der Waals surface area contributed by atoms with E-state index in [1.165, 1.54) is 0 Å². The molecule has 0 amide bonds. The summed E-state index contributed by atoms with van der Waals surface area (Å²) in [5.41, 5.74) is 0. The number of phenols is 1. The number of phenolic OH excluding ortho intramolecular Hbond substituents is 1. The van der Waals surface area contributed by atoms with E-state index in [0.29, 0.717) is 6.92 Å². The zero-order chi connectivity index (χ0) is 14.2. The molecule has 0 bridgehead atoms. The molecular weight excluding hydrogens is 302 g/mol. The first-order chi connectivity index (χ1) is 7.97. The van der Waals surface area contributed by atoms with Gasteiger partial charge in [-0.2, -0.15) is 0 Å². The molecule has 9 nitrogen and oxygen atoms in total. The zero-order valence-corrected chi connectivity index (χ0v) is 11.5. The third kappa shape index (κ3) is 3.77. The Kier molecular flexibility index (Phi) is 5.33. The SMILES string of the molecule is CC(Oc1ccc(O)cc1)(P(=O)(O)O)P(=O)(O)O.O. The van der Waals surface area contributed by atoms with Crippen LogP contribution in [0.3, 0.4) is 0 Å². The predicted octanol–water partition coefficient (Wildman–Crippen LogP) is -0.0246. The number of rotatable bonds is 4. The number of hydrogen-bond acceptors (Lipinski definition) is 4. The van der Waals surface area contributed by atoms with E-state index in [9.17, 15) is 9.13 Å². The summed E-state index contributed by atoms with van der Waals surface area (Å²) in [5, 5.41) is 6.04. The lowest BCUT2D eigenvalue weighted by Crippen LogP contribution is -2.32. The number of aromatic hydroxyl groups is 1. The summed E-state index contributed by atoms with van der Waals surface area (Å²) in [4.78, 5) is 36.1. The van der Waals surface area contributed by atoms with Crippen LogP contribution < -0.4 is 4.74 Å². The predicted molar refractivity (Wildman–Crippen MR) is 64.8 cm³/mol. The first kappa shape index (κ1) is 18.1. The molecule has 0 aliphatic rings. The second-order valence-electron chi connectivity index (χ2n) is 3.62. The molecule has 0 heterocycles. The van der Waals surface area contributed by atoms with Crippen LogP contribution in [0.15, 0.2) is 24.3 Å². The maximum Gasteiger partial charge on any atom is 0.381 e. The molecule has 1 rings (SSSR count). The fourth-order valence-corrected chi connectivity index (χ4v) is 2.83. The molecule has 7 N–H and O–H groups in total. The lowest BCUT2D eigenvalue weighted by atomic mass is 10.3. The third-order valence-corrected chi connectivity index (χ3v) is 6.14. The highest BCUT2D eigenvalue weighted by Crippen LogP contribution is 2.68. The van der Waals surface area contributed by atoms with E-state index in [2.05, 4.69) is 0 Å². The molecule has 0 saturated heterocycles. The van der Waals surface area contributed by atoms with Gasteiger partial charge in [0.1, 0.15) is 11.5 Å². The molecule has 0 spiro atoms. The highest BCUT2D eigenvalue weighted by Gasteiger charge is 2.59. The van der Waals surface area contributed by atoms with Crippen molar-refractivity contribution in [3.8, 4) is 11.5 Å². The quantitative estimate of drug-likeness (QED) is 0.481. The highest BCUT2D eigenvalue weighted by molar-refractivity contribution is 7.72. The normalized spacial score (nSPS) is 12.7. The van der Waals surface area contributed by atoms with Crippen molar-refractivity contribution in [2.24, 2.45) is 0 Å². The summed E-state index contributed by atoms with van der Waals surface area (Å²) < 4.78 is 27.1. The van der Waals surface area contributed by atoms with Crippen LogP contribution in [-0.2, 0) is 9.13 Å². The average Bonchev–Trinajstić information content (AvgIpc) is 2.18. The Morgan fingerprint density at radius 1 is 1.00 bits per heavy atom. The second kappa shape index (κ2) is 5.60. The van der Waals surface area contributed by atoms with Gasteiger partial charge in [-0.3, -0.25) is 9.13 Å². The van der Waals surface area contributed by atoms with E-state index in [1.54, 1.807) is 0 Å². The van der Waals surface area contributed by atoms with Crippen molar-refractivity contribution < 1.29 is 44.0 Å². The van der Waals surface area contributed by atoms with Gasteiger partial charge in [0.25, 0.3) is 0 Å². The summed E-state index contributed by atoms with van der Waals surface area (Å²) in [7, 11) is -10.5. The van der Waals surface area contributed by atoms with E-state index in [0.717, 1.165) is 24.3 Å². The molecule has 0 saturated carbocycles. The van der Waals surface area contributed by atoms with Gasteiger partial charge in [0.15, 0.2) is 0 Å². The molecule has 0 radical (unpaired) electrons. The molecule has 1 aromatic rings. The van der Waals surface area contributed by atoms with Crippen LogP contribution in [0.1, 0.15) is 6.92 Å². The fraction of sp³-hybridized carbons (Fsp3) is 0.250. The van der Waals surface area contributed by atoms with Gasteiger partial charge in [-0.15, -0.1) is 0 Å². The summed E-state index contributed by atoms with van der Waals surface area (Å²) in [6.45, 7) is 0.626. The van der Waals surface area contributed by atoms with Gasteiger partial charge in [-0.25, -0.2) is 0 Å². The Hall–Kier alpha value is -0.920. The van der Waals surface area contributed by atoms with Crippen LogP contribution in [0.4, 0.5) is 0 Å². The largest absolute Gasteiger partial charge is 0.508 e. The minimum absolute atomic E-state index is 0. The first-order valence-corrected chi connectivity index (χ1v) is 7.79. The molecule has 11 heteroatoms. The van der Waals surface area contributed by atoms with Crippen LogP contribution in [0, 0.1) is 0 Å². The van der Waals surface area contributed by atoms with Gasteiger partial charge in [-0.05, 0) is 31.2 Å². The van der Waals surface area contributed by atoms with Crippen molar-refractivity contribution >= 4 is 15.2 Å². The molecule has 0 aromatic heterocycles.